The Balaban J connectivity index is 1.75. The minimum absolute atomic E-state index is 0.0351. The molecule has 5 heteroatoms. The van der Waals surface area contributed by atoms with E-state index in [-0.39, 0.29) is 5.91 Å². The predicted octanol–water partition coefficient (Wildman–Crippen LogP) is 4.00. The van der Waals surface area contributed by atoms with Crippen molar-refractivity contribution in [3.05, 3.63) is 58.3 Å². The molecule has 3 heterocycles. The molecule has 1 amide bonds. The summed E-state index contributed by atoms with van der Waals surface area (Å²) < 4.78 is 5.98. The minimum Gasteiger partial charge on any atom is -0.464 e. The lowest BCUT2D eigenvalue weighted by atomic mass is 10.1. The van der Waals surface area contributed by atoms with Crippen molar-refractivity contribution in [1.82, 2.24) is 9.88 Å². The van der Waals surface area contributed by atoms with Gasteiger partial charge in [-0.15, -0.1) is 11.3 Å². The van der Waals surface area contributed by atoms with Gasteiger partial charge in [0.15, 0.2) is 6.10 Å². The van der Waals surface area contributed by atoms with Crippen molar-refractivity contribution in [3.8, 4) is 5.88 Å². The molecule has 1 unspecified atom stereocenters. The summed E-state index contributed by atoms with van der Waals surface area (Å²) in [6, 6.07) is 14.1. The molecule has 4 nitrogen and oxygen atoms in total. The van der Waals surface area contributed by atoms with Crippen molar-refractivity contribution in [2.75, 3.05) is 0 Å². The number of carbonyl (C=O) groups is 1. The molecule has 0 saturated carbocycles. The molecule has 0 saturated heterocycles. The molecule has 0 N–H and O–H groups in total. The van der Waals surface area contributed by atoms with Crippen LogP contribution in [0, 0.1) is 0 Å². The molecular formula is C19H18N2O2S. The first-order valence-electron chi connectivity index (χ1n) is 8.11. The molecule has 1 atom stereocenters. The number of hydrogen-bond donors (Lipinski definition) is 0. The van der Waals surface area contributed by atoms with Gasteiger partial charge in [0, 0.05) is 15.8 Å². The van der Waals surface area contributed by atoms with Gasteiger partial charge in [0.1, 0.15) is 0 Å². The molecule has 0 spiro atoms. The van der Waals surface area contributed by atoms with Gasteiger partial charge in [-0.05, 0) is 30.0 Å². The number of aromatic nitrogens is 1. The third kappa shape index (κ3) is 2.76. The van der Waals surface area contributed by atoms with Gasteiger partial charge in [0.05, 0.1) is 18.6 Å². The SMILES string of the molecule is CCC1Oc2nc3ccccc3cc2CN(Cc2cccs2)C1=O. The van der Waals surface area contributed by atoms with Gasteiger partial charge in [-0.1, -0.05) is 31.2 Å². The molecule has 4 rings (SSSR count). The molecule has 0 fully saturated rings. The van der Waals surface area contributed by atoms with E-state index in [4.69, 9.17) is 4.74 Å². The number of hydrogen-bond acceptors (Lipinski definition) is 4. The van der Waals surface area contributed by atoms with Gasteiger partial charge in [-0.2, -0.15) is 0 Å². The van der Waals surface area contributed by atoms with Crippen molar-refractivity contribution >= 4 is 28.1 Å². The maximum atomic E-state index is 12.8. The minimum atomic E-state index is -0.472. The number of thiophene rings is 1. The van der Waals surface area contributed by atoms with Crippen LogP contribution in [0.5, 0.6) is 5.88 Å². The summed E-state index contributed by atoms with van der Waals surface area (Å²) in [5, 5.41) is 3.10. The van der Waals surface area contributed by atoms with Gasteiger partial charge in [0.2, 0.25) is 5.88 Å². The van der Waals surface area contributed by atoms with Crippen molar-refractivity contribution in [1.29, 1.82) is 0 Å². The van der Waals surface area contributed by atoms with Gasteiger partial charge in [-0.25, -0.2) is 4.98 Å². The smallest absolute Gasteiger partial charge is 0.264 e. The Morgan fingerprint density at radius 1 is 1.29 bits per heavy atom. The summed E-state index contributed by atoms with van der Waals surface area (Å²) in [6.07, 6.45) is 0.160. The lowest BCUT2D eigenvalue weighted by molar-refractivity contribution is -0.139. The van der Waals surface area contributed by atoms with E-state index in [1.807, 2.05) is 47.5 Å². The van der Waals surface area contributed by atoms with Crippen molar-refractivity contribution in [3.63, 3.8) is 0 Å². The summed E-state index contributed by atoms with van der Waals surface area (Å²) in [7, 11) is 0. The van der Waals surface area contributed by atoms with Crippen LogP contribution in [0.2, 0.25) is 0 Å². The van der Waals surface area contributed by atoms with E-state index < -0.39 is 6.10 Å². The fourth-order valence-corrected chi connectivity index (χ4v) is 3.73. The van der Waals surface area contributed by atoms with Crippen LogP contribution in [0.1, 0.15) is 23.8 Å². The fraction of sp³-hybridized carbons (Fsp3) is 0.263. The fourth-order valence-electron chi connectivity index (χ4n) is 3.01. The van der Waals surface area contributed by atoms with Crippen molar-refractivity contribution < 1.29 is 9.53 Å². The summed E-state index contributed by atoms with van der Waals surface area (Å²) >= 11 is 1.67. The Hall–Kier alpha value is -2.40. The number of para-hydroxylation sites is 1. The van der Waals surface area contributed by atoms with Crippen LogP contribution in [0.25, 0.3) is 10.9 Å². The molecule has 0 radical (unpaired) electrons. The lowest BCUT2D eigenvalue weighted by Gasteiger charge is -2.22. The van der Waals surface area contributed by atoms with E-state index in [0.717, 1.165) is 16.5 Å². The first-order valence-corrected chi connectivity index (χ1v) is 8.99. The highest BCUT2D eigenvalue weighted by atomic mass is 32.1. The van der Waals surface area contributed by atoms with Crippen LogP contribution >= 0.6 is 11.3 Å². The van der Waals surface area contributed by atoms with Crippen LogP contribution < -0.4 is 4.74 Å². The van der Waals surface area contributed by atoms with Crippen molar-refractivity contribution in [2.24, 2.45) is 0 Å². The number of fused-ring (bicyclic) bond motifs is 2. The van der Waals surface area contributed by atoms with Crippen LogP contribution in [0.4, 0.5) is 0 Å². The highest BCUT2D eigenvalue weighted by Crippen LogP contribution is 2.29. The number of nitrogens with zero attached hydrogens (tertiary/aromatic N) is 2. The second-order valence-electron chi connectivity index (χ2n) is 5.93. The third-order valence-corrected chi connectivity index (χ3v) is 5.12. The van der Waals surface area contributed by atoms with Crippen LogP contribution in [0.15, 0.2) is 47.8 Å². The zero-order valence-corrected chi connectivity index (χ0v) is 14.3. The highest BCUT2D eigenvalue weighted by molar-refractivity contribution is 7.09. The number of carbonyl (C=O) groups excluding carboxylic acids is 1. The Kier molecular flexibility index (Phi) is 3.94. The topological polar surface area (TPSA) is 42.4 Å². The van der Waals surface area contributed by atoms with Crippen LogP contribution in [-0.4, -0.2) is 21.9 Å². The first-order chi connectivity index (χ1) is 11.7. The van der Waals surface area contributed by atoms with Gasteiger partial charge in [0.25, 0.3) is 5.91 Å². The Morgan fingerprint density at radius 3 is 2.96 bits per heavy atom. The third-order valence-electron chi connectivity index (χ3n) is 4.26. The second-order valence-corrected chi connectivity index (χ2v) is 6.97. The molecule has 0 bridgehead atoms. The van der Waals surface area contributed by atoms with E-state index in [1.54, 1.807) is 11.3 Å². The van der Waals surface area contributed by atoms with E-state index in [2.05, 4.69) is 17.1 Å². The molecule has 1 aliphatic heterocycles. The first kappa shape index (κ1) is 15.1. The van der Waals surface area contributed by atoms with Crippen LogP contribution in [0.3, 0.4) is 0 Å². The molecule has 0 aliphatic carbocycles. The monoisotopic (exact) mass is 338 g/mol. The summed E-state index contributed by atoms with van der Waals surface area (Å²) in [4.78, 5) is 20.5. The second kappa shape index (κ2) is 6.24. The van der Waals surface area contributed by atoms with Crippen LogP contribution in [-0.2, 0) is 17.9 Å². The zero-order chi connectivity index (χ0) is 16.5. The zero-order valence-electron chi connectivity index (χ0n) is 13.4. The molecule has 24 heavy (non-hydrogen) atoms. The van der Waals surface area contributed by atoms with E-state index in [1.165, 1.54) is 4.88 Å². The lowest BCUT2D eigenvalue weighted by Crippen LogP contribution is -2.38. The standard InChI is InChI=1S/C19H18N2O2S/c1-2-17-19(22)21(12-15-7-5-9-24-15)11-14-10-13-6-3-4-8-16(13)20-18(14)23-17/h3-10,17H,2,11-12H2,1H3. The number of benzene rings is 1. The molecule has 2 aromatic heterocycles. The van der Waals surface area contributed by atoms with E-state index in [0.29, 0.717) is 25.4 Å². The Morgan fingerprint density at radius 2 is 2.17 bits per heavy atom. The average Bonchev–Trinajstić information content (AvgIpc) is 3.07. The number of amides is 1. The predicted molar refractivity (Wildman–Crippen MR) is 95.0 cm³/mol. The van der Waals surface area contributed by atoms with Gasteiger partial charge < -0.3 is 9.64 Å². The maximum absolute atomic E-state index is 12.8. The maximum Gasteiger partial charge on any atom is 0.264 e. The van der Waals surface area contributed by atoms with Gasteiger partial charge >= 0.3 is 0 Å². The normalized spacial score (nSPS) is 17.5. The molecule has 1 aliphatic rings. The molecule has 3 aromatic rings. The Bertz CT molecular complexity index is 876. The number of ether oxygens (including phenoxy) is 1. The van der Waals surface area contributed by atoms with E-state index >= 15 is 0 Å². The molecular weight excluding hydrogens is 320 g/mol. The van der Waals surface area contributed by atoms with Crippen molar-refractivity contribution in [2.45, 2.75) is 32.5 Å². The number of rotatable bonds is 3. The number of pyridine rings is 1. The quantitative estimate of drug-likeness (QED) is 0.725. The Labute approximate surface area is 144 Å². The van der Waals surface area contributed by atoms with Gasteiger partial charge in [-0.3, -0.25) is 4.79 Å². The molecule has 122 valence electrons. The average molecular weight is 338 g/mol. The summed E-state index contributed by atoms with van der Waals surface area (Å²) in [5.41, 5.74) is 1.86. The van der Waals surface area contributed by atoms with E-state index in [9.17, 15) is 4.79 Å². The summed E-state index contributed by atoms with van der Waals surface area (Å²) in [6.45, 7) is 3.11. The highest BCUT2D eigenvalue weighted by Gasteiger charge is 2.31. The largest absolute Gasteiger partial charge is 0.464 e. The summed E-state index contributed by atoms with van der Waals surface area (Å²) in [5.74, 6) is 0.621. The molecule has 1 aromatic carbocycles.